The number of carboxylic acid groups (broad SMARTS) is 1. The fraction of sp³-hybridized carbons (Fsp3) is 0.105. The fourth-order valence-electron chi connectivity index (χ4n) is 2.49. The number of carboxylic acids is 1. The Morgan fingerprint density at radius 1 is 1.27 bits per heavy atom. The molecule has 1 fully saturated rings. The molecule has 1 saturated heterocycles. The van der Waals surface area contributed by atoms with E-state index >= 15 is 0 Å². The van der Waals surface area contributed by atoms with E-state index in [-0.39, 0.29) is 11.5 Å². The fourth-order valence-corrected chi connectivity index (χ4v) is 3.78. The molecule has 0 N–H and O–H groups in total. The van der Waals surface area contributed by atoms with Gasteiger partial charge in [0.25, 0.3) is 5.91 Å². The molecule has 7 heteroatoms. The first-order chi connectivity index (χ1) is 12.5. The number of anilines is 1. The minimum absolute atomic E-state index is 0.0118. The molecule has 1 amide bonds. The van der Waals surface area contributed by atoms with Crippen molar-refractivity contribution in [2.75, 3.05) is 11.5 Å². The topological polar surface area (TPSA) is 69.7 Å². The maximum Gasteiger partial charge on any atom is 0.270 e. The molecule has 2 aromatic carbocycles. The van der Waals surface area contributed by atoms with E-state index in [2.05, 4.69) is 0 Å². The van der Waals surface area contributed by atoms with Gasteiger partial charge in [-0.05, 0) is 36.8 Å². The molecule has 0 aromatic heterocycles. The number of carbonyl (C=O) groups excluding carboxylic acids is 2. The Bertz CT molecular complexity index is 923. The Balaban J connectivity index is 1.95. The number of aromatic carboxylic acids is 1. The molecule has 0 radical (unpaired) electrons. The van der Waals surface area contributed by atoms with E-state index in [1.54, 1.807) is 18.2 Å². The van der Waals surface area contributed by atoms with E-state index < -0.39 is 5.97 Å². The molecule has 2 aromatic rings. The van der Waals surface area contributed by atoms with Crippen LogP contribution in [0.2, 0.25) is 0 Å². The molecule has 0 spiro atoms. The zero-order valence-corrected chi connectivity index (χ0v) is 15.4. The molecule has 0 bridgehead atoms. The van der Waals surface area contributed by atoms with Gasteiger partial charge in [-0.1, -0.05) is 54.3 Å². The van der Waals surface area contributed by atoms with Crippen LogP contribution in [0.15, 0.2) is 53.4 Å². The van der Waals surface area contributed by atoms with Gasteiger partial charge in [-0.2, -0.15) is 0 Å². The number of amides is 1. The predicted octanol–water partition coefficient (Wildman–Crippen LogP) is 2.85. The van der Waals surface area contributed by atoms with E-state index in [1.165, 1.54) is 17.0 Å². The molecular weight excluding hydrogens is 370 g/mol. The van der Waals surface area contributed by atoms with Crippen LogP contribution in [0.3, 0.4) is 0 Å². The lowest BCUT2D eigenvalue weighted by Crippen LogP contribution is -2.28. The van der Waals surface area contributed by atoms with Gasteiger partial charge in [0.2, 0.25) is 0 Å². The van der Waals surface area contributed by atoms with Gasteiger partial charge in [-0.25, -0.2) is 0 Å². The summed E-state index contributed by atoms with van der Waals surface area (Å²) >= 11 is 6.48. The molecule has 0 saturated carbocycles. The smallest absolute Gasteiger partial charge is 0.270 e. The standard InChI is InChI=1S/C19H15NO4S2/c1-2-24-15-9-4-3-6-12(15)11-16-17(21)20(19(25)26-16)14-8-5-7-13(10-14)18(22)23/h3-11H,2H2,1H3,(H,22,23)/p-1/b16-11+. The summed E-state index contributed by atoms with van der Waals surface area (Å²) in [5.41, 5.74) is 1.16. The quantitative estimate of drug-likeness (QED) is 0.583. The summed E-state index contributed by atoms with van der Waals surface area (Å²) in [6, 6.07) is 13.4. The second-order valence-electron chi connectivity index (χ2n) is 5.33. The average molecular weight is 384 g/mol. The number of carbonyl (C=O) groups is 2. The molecule has 1 aliphatic rings. The second-order valence-corrected chi connectivity index (χ2v) is 7.00. The first-order valence-corrected chi connectivity index (χ1v) is 9.05. The third-order valence-electron chi connectivity index (χ3n) is 3.64. The van der Waals surface area contributed by atoms with Crippen molar-refractivity contribution < 1.29 is 19.4 Å². The monoisotopic (exact) mass is 384 g/mol. The number of hydrogen-bond donors (Lipinski definition) is 0. The molecule has 0 unspecified atom stereocenters. The lowest BCUT2D eigenvalue weighted by molar-refractivity contribution is -0.255. The number of nitrogens with zero attached hydrogens (tertiary/aromatic N) is 1. The zero-order chi connectivity index (χ0) is 18.7. The molecule has 1 aliphatic heterocycles. The number of ether oxygens (including phenoxy) is 1. The Kier molecular flexibility index (Phi) is 5.39. The number of thiocarbonyl (C=S) groups is 1. The van der Waals surface area contributed by atoms with Gasteiger partial charge in [-0.15, -0.1) is 0 Å². The largest absolute Gasteiger partial charge is 0.545 e. The molecule has 132 valence electrons. The molecule has 5 nitrogen and oxygen atoms in total. The van der Waals surface area contributed by atoms with Gasteiger partial charge < -0.3 is 14.6 Å². The molecule has 0 atom stereocenters. The number of rotatable bonds is 5. The summed E-state index contributed by atoms with van der Waals surface area (Å²) < 4.78 is 5.92. The number of benzene rings is 2. The molecule has 0 aliphatic carbocycles. The Morgan fingerprint density at radius 2 is 2.04 bits per heavy atom. The first kappa shape index (κ1) is 18.2. The van der Waals surface area contributed by atoms with Crippen LogP contribution in [0.5, 0.6) is 5.75 Å². The van der Waals surface area contributed by atoms with Gasteiger partial charge in [0.15, 0.2) is 4.32 Å². The van der Waals surface area contributed by atoms with Crippen LogP contribution in [-0.4, -0.2) is 22.8 Å². The normalized spacial score (nSPS) is 15.6. The highest BCUT2D eigenvalue weighted by molar-refractivity contribution is 8.27. The zero-order valence-electron chi connectivity index (χ0n) is 13.8. The molecule has 3 rings (SSSR count). The van der Waals surface area contributed by atoms with E-state index in [4.69, 9.17) is 17.0 Å². The summed E-state index contributed by atoms with van der Waals surface area (Å²) in [5.74, 6) is -0.931. The highest BCUT2D eigenvalue weighted by atomic mass is 32.2. The van der Waals surface area contributed by atoms with Crippen LogP contribution in [0.4, 0.5) is 5.69 Å². The van der Waals surface area contributed by atoms with Crippen molar-refractivity contribution in [3.8, 4) is 5.75 Å². The average Bonchev–Trinajstić information content (AvgIpc) is 2.90. The highest BCUT2D eigenvalue weighted by Crippen LogP contribution is 2.37. The first-order valence-electron chi connectivity index (χ1n) is 7.82. The second kappa shape index (κ2) is 7.72. The third-order valence-corrected chi connectivity index (χ3v) is 4.94. The number of hydrogen-bond acceptors (Lipinski definition) is 6. The Hall–Kier alpha value is -2.64. The van der Waals surface area contributed by atoms with E-state index in [0.29, 0.717) is 27.3 Å². The maximum atomic E-state index is 12.8. The van der Waals surface area contributed by atoms with Crippen molar-refractivity contribution >= 4 is 51.9 Å². The summed E-state index contributed by atoms with van der Waals surface area (Å²) in [5, 5.41) is 11.1. The van der Waals surface area contributed by atoms with Crippen molar-refractivity contribution in [1.29, 1.82) is 0 Å². The summed E-state index contributed by atoms with van der Waals surface area (Å²) in [6.07, 6.45) is 1.73. The lowest BCUT2D eigenvalue weighted by Gasteiger charge is -2.16. The SMILES string of the molecule is CCOc1ccccc1/C=C1/SC(=S)N(c2cccc(C(=O)[O-])c2)C1=O. The molecule has 26 heavy (non-hydrogen) atoms. The van der Waals surface area contributed by atoms with Crippen LogP contribution < -0.4 is 14.7 Å². The van der Waals surface area contributed by atoms with Crippen LogP contribution >= 0.6 is 24.0 Å². The van der Waals surface area contributed by atoms with Crippen molar-refractivity contribution in [2.45, 2.75) is 6.92 Å². The predicted molar refractivity (Wildman–Crippen MR) is 104 cm³/mol. The molecule has 1 heterocycles. The van der Waals surface area contributed by atoms with Gasteiger partial charge in [0.05, 0.1) is 23.2 Å². The van der Waals surface area contributed by atoms with Crippen molar-refractivity contribution in [1.82, 2.24) is 0 Å². The van der Waals surface area contributed by atoms with Gasteiger partial charge in [0.1, 0.15) is 5.75 Å². The van der Waals surface area contributed by atoms with Crippen LogP contribution in [0.1, 0.15) is 22.8 Å². The van der Waals surface area contributed by atoms with Crippen molar-refractivity contribution in [3.05, 3.63) is 64.6 Å². The van der Waals surface area contributed by atoms with Gasteiger partial charge in [-0.3, -0.25) is 9.69 Å². The van der Waals surface area contributed by atoms with Crippen molar-refractivity contribution in [3.63, 3.8) is 0 Å². The van der Waals surface area contributed by atoms with E-state index in [0.717, 1.165) is 17.3 Å². The Morgan fingerprint density at radius 3 is 2.77 bits per heavy atom. The number of para-hydroxylation sites is 1. The van der Waals surface area contributed by atoms with Crippen LogP contribution in [-0.2, 0) is 4.79 Å². The van der Waals surface area contributed by atoms with Crippen molar-refractivity contribution in [2.24, 2.45) is 0 Å². The van der Waals surface area contributed by atoms with Gasteiger partial charge >= 0.3 is 0 Å². The molecular formula is C19H14NO4S2-. The van der Waals surface area contributed by atoms with Gasteiger partial charge in [0, 0.05) is 5.56 Å². The Labute approximate surface area is 160 Å². The minimum Gasteiger partial charge on any atom is -0.545 e. The van der Waals surface area contributed by atoms with Crippen LogP contribution in [0, 0.1) is 0 Å². The minimum atomic E-state index is -1.31. The maximum absolute atomic E-state index is 12.8. The van der Waals surface area contributed by atoms with Crippen LogP contribution in [0.25, 0.3) is 6.08 Å². The van der Waals surface area contributed by atoms with E-state index in [9.17, 15) is 14.7 Å². The summed E-state index contributed by atoms with van der Waals surface area (Å²) in [4.78, 5) is 25.6. The third kappa shape index (κ3) is 3.63. The summed E-state index contributed by atoms with van der Waals surface area (Å²) in [7, 11) is 0. The highest BCUT2D eigenvalue weighted by Gasteiger charge is 2.33. The van der Waals surface area contributed by atoms with E-state index in [1.807, 2.05) is 31.2 Å². The summed E-state index contributed by atoms with van der Waals surface area (Å²) in [6.45, 7) is 2.41. The number of thioether (sulfide) groups is 1. The lowest BCUT2D eigenvalue weighted by atomic mass is 10.1.